The number of ether oxygens (including phenoxy) is 3. The number of nitrogens with two attached hydrogens (primary N) is 1. The van der Waals surface area contributed by atoms with Gasteiger partial charge in [0, 0.05) is 19.6 Å². The highest BCUT2D eigenvalue weighted by Gasteiger charge is 2.65. The van der Waals surface area contributed by atoms with Gasteiger partial charge in [0.05, 0.1) is 5.60 Å². The minimum Gasteiger partial charge on any atom is -0.461 e. The average molecular weight is 528 g/mol. The van der Waals surface area contributed by atoms with E-state index in [2.05, 4.69) is 45.8 Å². The van der Waals surface area contributed by atoms with Crippen molar-refractivity contribution in [3.63, 3.8) is 0 Å². The molecule has 4 rings (SSSR count). The summed E-state index contributed by atoms with van der Waals surface area (Å²) in [6.45, 7) is 9.79. The standard InChI is InChI=1S/C33H53NO4/c1-7-9-24(34)11-10-23(3)27-12-13-28-26-15-19-33(36-6)21-25(38-30(35)22-37-20-8-2)14-18-32(33,5)29(26)16-17-31(27,28)4/h2,10-11,23-29H,7,9,12-22,34H2,1,3-6H3/b11-10+/t23-,24-,25+,26?,27-,28+,29+,31-,32-,33-/m1/s1. The maximum Gasteiger partial charge on any atom is 0.332 e. The molecule has 38 heavy (non-hydrogen) atoms. The fourth-order valence-corrected chi connectivity index (χ4v) is 9.90. The predicted molar refractivity (Wildman–Crippen MR) is 152 cm³/mol. The van der Waals surface area contributed by atoms with Gasteiger partial charge in [-0.15, -0.1) is 6.42 Å². The molecule has 0 aromatic carbocycles. The van der Waals surface area contributed by atoms with E-state index in [1.807, 2.05) is 7.11 Å². The summed E-state index contributed by atoms with van der Waals surface area (Å²) in [5, 5.41) is 0. The average Bonchev–Trinajstić information content (AvgIpc) is 3.25. The van der Waals surface area contributed by atoms with E-state index in [4.69, 9.17) is 26.4 Å². The van der Waals surface area contributed by atoms with Crippen LogP contribution in [0.25, 0.3) is 0 Å². The lowest BCUT2D eigenvalue weighted by Crippen LogP contribution is -2.64. The number of carbonyl (C=O) groups excluding carboxylic acids is 1. The Morgan fingerprint density at radius 2 is 1.89 bits per heavy atom. The zero-order valence-corrected chi connectivity index (χ0v) is 24.7. The molecule has 0 aliphatic heterocycles. The maximum absolute atomic E-state index is 12.3. The molecule has 0 bridgehead atoms. The number of methoxy groups -OCH3 is 1. The predicted octanol–water partition coefficient (Wildman–Crippen LogP) is 6.30. The van der Waals surface area contributed by atoms with Crippen molar-refractivity contribution in [3.05, 3.63) is 12.2 Å². The Bertz CT molecular complexity index is 896. The van der Waals surface area contributed by atoms with Crippen molar-refractivity contribution in [3.8, 4) is 12.3 Å². The first-order valence-corrected chi connectivity index (χ1v) is 15.3. The summed E-state index contributed by atoms with van der Waals surface area (Å²) in [5.74, 6) is 5.63. The van der Waals surface area contributed by atoms with Gasteiger partial charge in [0.1, 0.15) is 19.3 Å². The smallest absolute Gasteiger partial charge is 0.332 e. The molecule has 5 heteroatoms. The highest BCUT2D eigenvalue weighted by molar-refractivity contribution is 5.71. The molecular weight excluding hydrogens is 474 g/mol. The molecule has 2 N–H and O–H groups in total. The Morgan fingerprint density at radius 3 is 2.61 bits per heavy atom. The number of fused-ring (bicyclic) bond motifs is 5. The summed E-state index contributed by atoms with van der Waals surface area (Å²) >= 11 is 0. The molecular formula is C33H53NO4. The van der Waals surface area contributed by atoms with Gasteiger partial charge in [-0.05, 0) is 98.2 Å². The number of hydrogen-bond donors (Lipinski definition) is 1. The van der Waals surface area contributed by atoms with E-state index in [1.54, 1.807) is 0 Å². The third kappa shape index (κ3) is 5.35. The minimum absolute atomic E-state index is 0.0811. The fourth-order valence-electron chi connectivity index (χ4n) is 9.90. The van der Waals surface area contributed by atoms with Crippen molar-refractivity contribution in [1.82, 2.24) is 0 Å². The number of carbonyl (C=O) groups is 1. The van der Waals surface area contributed by atoms with Gasteiger partial charge >= 0.3 is 5.97 Å². The van der Waals surface area contributed by atoms with E-state index in [1.165, 1.54) is 32.1 Å². The quantitative estimate of drug-likeness (QED) is 0.156. The number of allylic oxidation sites excluding steroid dienone is 1. The normalized spacial score (nSPS) is 42.0. The third-order valence-electron chi connectivity index (χ3n) is 11.8. The molecule has 214 valence electrons. The second kappa shape index (κ2) is 12.0. The Hall–Kier alpha value is -1.35. The summed E-state index contributed by atoms with van der Waals surface area (Å²) < 4.78 is 17.5. The zero-order chi connectivity index (χ0) is 27.6. The van der Waals surface area contributed by atoms with Crippen LogP contribution in [0.1, 0.15) is 98.3 Å². The van der Waals surface area contributed by atoms with Crippen LogP contribution in [-0.2, 0) is 19.0 Å². The Labute approximate surface area is 232 Å². The number of esters is 1. The first kappa shape index (κ1) is 29.6. The molecule has 0 amide bonds. The van der Waals surface area contributed by atoms with Crippen molar-refractivity contribution in [2.24, 2.45) is 46.2 Å². The van der Waals surface area contributed by atoms with Crippen LogP contribution < -0.4 is 5.73 Å². The van der Waals surface area contributed by atoms with Crippen LogP contribution in [0.15, 0.2) is 12.2 Å². The van der Waals surface area contributed by atoms with Crippen LogP contribution in [0.2, 0.25) is 0 Å². The van der Waals surface area contributed by atoms with E-state index >= 15 is 0 Å². The first-order chi connectivity index (χ1) is 18.1. The highest BCUT2D eigenvalue weighted by atomic mass is 16.6. The molecule has 0 saturated heterocycles. The lowest BCUT2D eigenvalue weighted by molar-refractivity contribution is -0.236. The third-order valence-corrected chi connectivity index (χ3v) is 11.8. The molecule has 0 aromatic rings. The van der Waals surface area contributed by atoms with Crippen molar-refractivity contribution in [2.75, 3.05) is 20.3 Å². The van der Waals surface area contributed by atoms with Gasteiger partial charge in [-0.1, -0.05) is 52.2 Å². The van der Waals surface area contributed by atoms with Crippen molar-refractivity contribution < 1.29 is 19.0 Å². The minimum atomic E-state index is -0.321. The van der Waals surface area contributed by atoms with Crippen LogP contribution >= 0.6 is 0 Å². The highest BCUT2D eigenvalue weighted by Crippen LogP contribution is 2.69. The molecule has 4 fully saturated rings. The van der Waals surface area contributed by atoms with Crippen LogP contribution in [0, 0.1) is 52.8 Å². The van der Waals surface area contributed by atoms with Gasteiger partial charge in [-0.25, -0.2) is 4.79 Å². The van der Waals surface area contributed by atoms with Crippen LogP contribution in [0.4, 0.5) is 0 Å². The van der Waals surface area contributed by atoms with E-state index < -0.39 is 0 Å². The summed E-state index contributed by atoms with van der Waals surface area (Å²) in [6.07, 6.45) is 22.3. The van der Waals surface area contributed by atoms with Crippen molar-refractivity contribution in [2.45, 2.75) is 116 Å². The van der Waals surface area contributed by atoms with Gasteiger partial charge in [0.25, 0.3) is 0 Å². The molecule has 4 aliphatic carbocycles. The fraction of sp³-hybridized carbons (Fsp3) is 0.848. The maximum atomic E-state index is 12.3. The number of terminal acetylenes is 1. The van der Waals surface area contributed by atoms with Crippen LogP contribution in [0.3, 0.4) is 0 Å². The lowest BCUT2D eigenvalue weighted by Gasteiger charge is -2.65. The Morgan fingerprint density at radius 1 is 1.11 bits per heavy atom. The van der Waals surface area contributed by atoms with Gasteiger partial charge < -0.3 is 19.9 Å². The largest absolute Gasteiger partial charge is 0.461 e. The molecule has 0 spiro atoms. The lowest BCUT2D eigenvalue weighted by atomic mass is 9.43. The molecule has 5 nitrogen and oxygen atoms in total. The van der Waals surface area contributed by atoms with Gasteiger partial charge in [0.2, 0.25) is 0 Å². The summed E-state index contributed by atoms with van der Waals surface area (Å²) in [6, 6.07) is 0.188. The van der Waals surface area contributed by atoms with Crippen LogP contribution in [-0.4, -0.2) is 44.0 Å². The van der Waals surface area contributed by atoms with E-state index in [-0.39, 0.29) is 42.3 Å². The number of hydrogen-bond acceptors (Lipinski definition) is 5. The van der Waals surface area contributed by atoms with Crippen molar-refractivity contribution >= 4 is 5.97 Å². The first-order valence-electron chi connectivity index (χ1n) is 15.3. The molecule has 0 aromatic heterocycles. The van der Waals surface area contributed by atoms with Gasteiger partial charge in [0.15, 0.2) is 0 Å². The Balaban J connectivity index is 1.45. The number of rotatable bonds is 10. The summed E-state index contributed by atoms with van der Waals surface area (Å²) in [4.78, 5) is 12.3. The van der Waals surface area contributed by atoms with E-state index in [0.717, 1.165) is 56.3 Å². The molecule has 0 radical (unpaired) electrons. The molecule has 4 aliphatic rings. The second-order valence-corrected chi connectivity index (χ2v) is 13.5. The Kier molecular flexibility index (Phi) is 9.38. The summed E-state index contributed by atoms with van der Waals surface area (Å²) in [5.41, 5.74) is 6.61. The summed E-state index contributed by atoms with van der Waals surface area (Å²) in [7, 11) is 1.88. The van der Waals surface area contributed by atoms with Gasteiger partial charge in [-0.2, -0.15) is 0 Å². The monoisotopic (exact) mass is 527 g/mol. The molecule has 10 atom stereocenters. The molecule has 4 saturated carbocycles. The van der Waals surface area contributed by atoms with Crippen molar-refractivity contribution in [1.29, 1.82) is 0 Å². The SMILES string of the molecule is C#CCOCC(=O)O[C@H]1CC[C@]2(C)[C@H]3CC[C@]4(C)[C@@H]([C@H](C)/C=C/[C@H](N)CCC)CC[C@H]4C3CC[C@@]2(OC)C1. The van der Waals surface area contributed by atoms with Crippen LogP contribution in [0.5, 0.6) is 0 Å². The molecule has 1 unspecified atom stereocenters. The van der Waals surface area contributed by atoms with E-state index in [0.29, 0.717) is 17.3 Å². The second-order valence-electron chi connectivity index (χ2n) is 13.5. The molecule has 0 heterocycles. The topological polar surface area (TPSA) is 70.8 Å². The van der Waals surface area contributed by atoms with E-state index in [9.17, 15) is 4.79 Å². The zero-order valence-electron chi connectivity index (χ0n) is 24.7. The van der Waals surface area contributed by atoms with Gasteiger partial charge in [-0.3, -0.25) is 0 Å².